The molecule has 0 radical (unpaired) electrons. The van der Waals surface area contributed by atoms with Crippen molar-refractivity contribution in [3.8, 4) is 0 Å². The Morgan fingerprint density at radius 2 is 1.96 bits per heavy atom. The number of carbonyl (C=O) groups excluding carboxylic acids is 1. The molecule has 156 valence electrons. The molecule has 0 bridgehead atoms. The van der Waals surface area contributed by atoms with Crippen LogP contribution in [0.2, 0.25) is 5.02 Å². The standard InChI is InChI=1S/C17H19ClF4N4O.ClH/c1-25(2)5-6-26-16(17(20,21)22)12(10-24-26)7-15(27)23-9-11-3-4-13(19)8-14(11)18;/h3-4,8,10H,5-7,9H2,1-2H3,(H,23,27);1H. The molecular weight excluding hydrogens is 423 g/mol. The Bertz CT molecular complexity index is 809. The highest BCUT2D eigenvalue weighted by molar-refractivity contribution is 6.31. The summed E-state index contributed by atoms with van der Waals surface area (Å²) in [4.78, 5) is 13.8. The molecular formula is C17H20Cl2F4N4O. The molecule has 1 aromatic carbocycles. The van der Waals surface area contributed by atoms with Crippen LogP contribution in [0.25, 0.3) is 0 Å². The van der Waals surface area contributed by atoms with E-state index < -0.39 is 30.0 Å². The first kappa shape index (κ1) is 24.2. The molecule has 5 nitrogen and oxygen atoms in total. The Kier molecular flexibility index (Phi) is 8.72. The van der Waals surface area contributed by atoms with Crippen molar-refractivity contribution in [3.05, 3.63) is 52.1 Å². The lowest BCUT2D eigenvalue weighted by molar-refractivity contribution is -0.145. The summed E-state index contributed by atoms with van der Waals surface area (Å²) < 4.78 is 54.1. The molecule has 0 aliphatic heterocycles. The SMILES string of the molecule is CN(C)CCn1ncc(CC(=O)NCc2ccc(F)cc2Cl)c1C(F)(F)F.Cl. The fraction of sp³-hybridized carbons (Fsp3) is 0.412. The van der Waals surface area contributed by atoms with E-state index in [-0.39, 0.29) is 36.1 Å². The molecule has 28 heavy (non-hydrogen) atoms. The maximum Gasteiger partial charge on any atom is 0.433 e. The molecule has 2 aromatic rings. The van der Waals surface area contributed by atoms with Crippen LogP contribution in [0, 0.1) is 5.82 Å². The normalized spacial score (nSPS) is 11.4. The minimum Gasteiger partial charge on any atom is -0.352 e. The smallest absolute Gasteiger partial charge is 0.352 e. The van der Waals surface area contributed by atoms with Gasteiger partial charge in [0.1, 0.15) is 11.5 Å². The fourth-order valence-corrected chi connectivity index (χ4v) is 2.67. The van der Waals surface area contributed by atoms with Crippen LogP contribution in [0.4, 0.5) is 17.6 Å². The quantitative estimate of drug-likeness (QED) is 0.667. The number of carbonyl (C=O) groups is 1. The summed E-state index contributed by atoms with van der Waals surface area (Å²) in [6.07, 6.45) is -4.04. The lowest BCUT2D eigenvalue weighted by Gasteiger charge is -2.15. The average Bonchev–Trinajstić information content (AvgIpc) is 2.95. The topological polar surface area (TPSA) is 50.2 Å². The van der Waals surface area contributed by atoms with Crippen LogP contribution >= 0.6 is 24.0 Å². The number of alkyl halides is 3. The van der Waals surface area contributed by atoms with Crippen molar-refractivity contribution in [1.29, 1.82) is 0 Å². The summed E-state index contributed by atoms with van der Waals surface area (Å²) >= 11 is 5.86. The Balaban J connectivity index is 0.00000392. The van der Waals surface area contributed by atoms with Gasteiger partial charge in [-0.2, -0.15) is 18.3 Å². The van der Waals surface area contributed by atoms with Gasteiger partial charge in [-0.25, -0.2) is 4.39 Å². The Labute approximate surface area is 171 Å². The number of aromatic nitrogens is 2. The molecule has 1 N–H and O–H groups in total. The zero-order chi connectivity index (χ0) is 20.2. The van der Waals surface area contributed by atoms with Crippen molar-refractivity contribution >= 4 is 29.9 Å². The number of hydrogen-bond donors (Lipinski definition) is 1. The molecule has 0 spiro atoms. The number of benzene rings is 1. The summed E-state index contributed by atoms with van der Waals surface area (Å²) in [6.45, 7) is 0.405. The van der Waals surface area contributed by atoms with Crippen LogP contribution < -0.4 is 5.32 Å². The van der Waals surface area contributed by atoms with Gasteiger partial charge in [0, 0.05) is 23.7 Å². The molecule has 2 rings (SSSR count). The molecule has 0 fully saturated rings. The Hall–Kier alpha value is -1.84. The third-order valence-corrected chi connectivity index (χ3v) is 4.14. The zero-order valence-corrected chi connectivity index (χ0v) is 16.8. The zero-order valence-electron chi connectivity index (χ0n) is 15.2. The summed E-state index contributed by atoms with van der Waals surface area (Å²) in [5.41, 5.74) is -0.674. The van der Waals surface area contributed by atoms with Gasteiger partial charge in [-0.3, -0.25) is 9.48 Å². The molecule has 1 heterocycles. The largest absolute Gasteiger partial charge is 0.433 e. The third kappa shape index (κ3) is 6.65. The van der Waals surface area contributed by atoms with Gasteiger partial charge in [0.15, 0.2) is 0 Å². The van der Waals surface area contributed by atoms with E-state index in [9.17, 15) is 22.4 Å². The van der Waals surface area contributed by atoms with Gasteiger partial charge in [0.25, 0.3) is 0 Å². The number of rotatable bonds is 7. The maximum atomic E-state index is 13.4. The van der Waals surface area contributed by atoms with Crippen LogP contribution in [-0.4, -0.2) is 41.2 Å². The highest BCUT2D eigenvalue weighted by atomic mass is 35.5. The van der Waals surface area contributed by atoms with E-state index in [4.69, 9.17) is 11.6 Å². The second-order valence-electron chi connectivity index (χ2n) is 6.23. The van der Waals surface area contributed by atoms with Gasteiger partial charge < -0.3 is 10.2 Å². The fourth-order valence-electron chi connectivity index (χ4n) is 2.44. The van der Waals surface area contributed by atoms with Crippen LogP contribution in [0.3, 0.4) is 0 Å². The van der Waals surface area contributed by atoms with E-state index in [1.54, 1.807) is 19.0 Å². The highest BCUT2D eigenvalue weighted by Gasteiger charge is 2.38. The minimum atomic E-state index is -4.63. The summed E-state index contributed by atoms with van der Waals surface area (Å²) in [6, 6.07) is 3.68. The molecule has 1 amide bonds. The third-order valence-electron chi connectivity index (χ3n) is 3.78. The molecule has 0 saturated heterocycles. The number of amides is 1. The molecule has 0 aliphatic rings. The maximum absolute atomic E-state index is 13.4. The second-order valence-corrected chi connectivity index (χ2v) is 6.64. The molecule has 0 saturated carbocycles. The van der Waals surface area contributed by atoms with Gasteiger partial charge in [0.2, 0.25) is 5.91 Å². The summed E-state index contributed by atoms with van der Waals surface area (Å²) in [5, 5.41) is 6.39. The lowest BCUT2D eigenvalue weighted by Crippen LogP contribution is -2.27. The van der Waals surface area contributed by atoms with Crippen LogP contribution in [-0.2, 0) is 30.5 Å². The van der Waals surface area contributed by atoms with Crippen LogP contribution in [0.1, 0.15) is 16.8 Å². The second kappa shape index (κ2) is 10.1. The lowest BCUT2D eigenvalue weighted by atomic mass is 10.1. The number of halogens is 6. The van der Waals surface area contributed by atoms with Crippen molar-refractivity contribution in [2.24, 2.45) is 0 Å². The van der Waals surface area contributed by atoms with E-state index in [0.29, 0.717) is 12.1 Å². The molecule has 0 aliphatic carbocycles. The number of likely N-dealkylation sites (N-methyl/N-ethyl adjacent to an activating group) is 1. The highest BCUT2D eigenvalue weighted by Crippen LogP contribution is 2.32. The van der Waals surface area contributed by atoms with Crippen molar-refractivity contribution < 1.29 is 22.4 Å². The summed E-state index contributed by atoms with van der Waals surface area (Å²) in [7, 11) is 3.48. The first-order chi connectivity index (χ1) is 12.6. The van der Waals surface area contributed by atoms with Gasteiger partial charge in [-0.1, -0.05) is 17.7 Å². The Morgan fingerprint density at radius 3 is 2.54 bits per heavy atom. The van der Waals surface area contributed by atoms with E-state index >= 15 is 0 Å². The van der Waals surface area contributed by atoms with E-state index in [2.05, 4.69) is 10.4 Å². The van der Waals surface area contributed by atoms with Gasteiger partial charge in [-0.15, -0.1) is 12.4 Å². The number of nitrogens with zero attached hydrogens (tertiary/aromatic N) is 3. The molecule has 11 heteroatoms. The monoisotopic (exact) mass is 442 g/mol. The Morgan fingerprint density at radius 1 is 1.29 bits per heavy atom. The van der Waals surface area contributed by atoms with Crippen molar-refractivity contribution in [3.63, 3.8) is 0 Å². The average molecular weight is 443 g/mol. The first-order valence-corrected chi connectivity index (χ1v) is 8.43. The van der Waals surface area contributed by atoms with Crippen molar-refractivity contribution in [2.75, 3.05) is 20.6 Å². The minimum absolute atomic E-state index is 0. The molecule has 1 aromatic heterocycles. The van der Waals surface area contributed by atoms with Crippen molar-refractivity contribution in [2.45, 2.75) is 25.7 Å². The van der Waals surface area contributed by atoms with Crippen LogP contribution in [0.15, 0.2) is 24.4 Å². The van der Waals surface area contributed by atoms with Crippen LogP contribution in [0.5, 0.6) is 0 Å². The number of hydrogen-bond acceptors (Lipinski definition) is 3. The van der Waals surface area contributed by atoms with E-state index in [1.807, 2.05) is 0 Å². The predicted molar refractivity (Wildman–Crippen MR) is 100.0 cm³/mol. The van der Waals surface area contributed by atoms with Gasteiger partial charge >= 0.3 is 6.18 Å². The van der Waals surface area contributed by atoms with Gasteiger partial charge in [0.05, 0.1) is 19.2 Å². The van der Waals surface area contributed by atoms with Gasteiger partial charge in [-0.05, 0) is 31.8 Å². The first-order valence-electron chi connectivity index (χ1n) is 8.05. The van der Waals surface area contributed by atoms with E-state index in [0.717, 1.165) is 16.9 Å². The summed E-state index contributed by atoms with van der Waals surface area (Å²) in [5.74, 6) is -1.14. The van der Waals surface area contributed by atoms with E-state index in [1.165, 1.54) is 12.1 Å². The number of nitrogens with one attached hydrogen (secondary N) is 1. The molecule has 0 atom stereocenters. The molecule has 0 unspecified atom stereocenters. The van der Waals surface area contributed by atoms with Crippen molar-refractivity contribution in [1.82, 2.24) is 20.0 Å². The predicted octanol–water partition coefficient (Wildman–Crippen LogP) is 3.54.